The fourth-order valence-electron chi connectivity index (χ4n) is 5.02. The van der Waals surface area contributed by atoms with E-state index in [1.54, 1.807) is 24.5 Å². The highest BCUT2D eigenvalue weighted by atomic mass is 32.1. The molecule has 0 aliphatic heterocycles. The Hall–Kier alpha value is -5.81. The molecule has 0 atom stereocenters. The zero-order chi connectivity index (χ0) is 47.5. The highest BCUT2D eigenvalue weighted by molar-refractivity contribution is 7.12. The maximum atomic E-state index is 12.0. The van der Waals surface area contributed by atoms with E-state index in [0.717, 1.165) is 37.9 Å². The summed E-state index contributed by atoms with van der Waals surface area (Å²) in [4.78, 5) is 50.9. The molecule has 0 unspecified atom stereocenters. The summed E-state index contributed by atoms with van der Waals surface area (Å²) in [6.45, 7) is 28.3. The number of aryl methyl sites for hydroxylation is 2. The van der Waals surface area contributed by atoms with Crippen molar-refractivity contribution in [2.75, 3.05) is 0 Å². The molecule has 0 N–H and O–H groups in total. The van der Waals surface area contributed by atoms with Crippen LogP contribution >= 0.6 is 11.3 Å². The van der Waals surface area contributed by atoms with E-state index < -0.39 is 21.7 Å². The Labute approximate surface area is 377 Å². The lowest BCUT2D eigenvalue weighted by Crippen LogP contribution is -2.25. The molecule has 0 bridgehead atoms. The van der Waals surface area contributed by atoms with E-state index in [1.165, 1.54) is 11.3 Å². The first-order chi connectivity index (χ1) is 29.1. The van der Waals surface area contributed by atoms with Crippen LogP contribution in [0.5, 0.6) is 22.3 Å². The predicted molar refractivity (Wildman–Crippen MR) is 255 cm³/mol. The number of carbonyl (C=O) groups excluding carboxylic acids is 4. The van der Waals surface area contributed by atoms with Crippen molar-refractivity contribution in [3.8, 4) is 22.3 Å². The molecular formula is C52H66N2O8S. The molecule has 0 fully saturated rings. The Bertz CT molecular complexity index is 2470. The Morgan fingerprint density at radius 1 is 0.603 bits per heavy atom. The summed E-state index contributed by atoms with van der Waals surface area (Å²) in [7, 11) is 1.97. The molecule has 63 heavy (non-hydrogen) atoms. The lowest BCUT2D eigenvalue weighted by molar-refractivity contribution is -0.143. The van der Waals surface area contributed by atoms with Gasteiger partial charge in [0.25, 0.3) is 0 Å². The smallest absolute Gasteiger partial charge is 0.317 e. The number of fused-ring (bicyclic) bond motifs is 2. The second-order valence-electron chi connectivity index (χ2n) is 19.7. The molecule has 0 spiro atoms. The van der Waals surface area contributed by atoms with Crippen molar-refractivity contribution in [3.63, 3.8) is 0 Å². The summed E-state index contributed by atoms with van der Waals surface area (Å²) in [6, 6.07) is 24.6. The summed E-state index contributed by atoms with van der Waals surface area (Å²) in [5.74, 6) is 1.36. The normalized spacial score (nSPS) is 11.6. The van der Waals surface area contributed by atoms with Crippen molar-refractivity contribution in [1.29, 1.82) is 0 Å². The predicted octanol–water partition coefficient (Wildman–Crippen LogP) is 13.1. The van der Waals surface area contributed by atoms with Crippen molar-refractivity contribution >= 4 is 56.9 Å². The Morgan fingerprint density at radius 3 is 1.70 bits per heavy atom. The van der Waals surface area contributed by atoms with Crippen molar-refractivity contribution in [2.45, 2.75) is 110 Å². The first-order valence-electron chi connectivity index (χ1n) is 21.0. The number of para-hydroxylation sites is 1. The third-order valence-corrected chi connectivity index (χ3v) is 9.81. The minimum atomic E-state index is -0.511. The zero-order valence-electron chi connectivity index (χ0n) is 40.0. The van der Waals surface area contributed by atoms with Gasteiger partial charge in [-0.2, -0.15) is 0 Å². The third kappa shape index (κ3) is 16.1. The van der Waals surface area contributed by atoms with Crippen LogP contribution in [0.2, 0.25) is 0 Å². The van der Waals surface area contributed by atoms with E-state index in [-0.39, 0.29) is 23.9 Å². The number of thiophene rings is 1. The lowest BCUT2D eigenvalue weighted by atomic mass is 9.97. The van der Waals surface area contributed by atoms with Crippen LogP contribution in [-0.2, 0) is 26.2 Å². The largest absolute Gasteiger partial charge is 0.426 e. The number of pyridine rings is 1. The van der Waals surface area contributed by atoms with Gasteiger partial charge in [-0.05, 0) is 167 Å². The van der Waals surface area contributed by atoms with E-state index in [2.05, 4.69) is 18.8 Å². The summed E-state index contributed by atoms with van der Waals surface area (Å²) in [5.41, 5.74) is 1.33. The van der Waals surface area contributed by atoms with Crippen LogP contribution in [0, 0.1) is 28.6 Å². The number of benzene rings is 3. The number of hydrogen-bond acceptors (Lipinski definition) is 10. The van der Waals surface area contributed by atoms with Gasteiger partial charge in [0.2, 0.25) is 0 Å². The molecule has 6 rings (SSSR count). The first kappa shape index (κ1) is 51.5. The van der Waals surface area contributed by atoms with Gasteiger partial charge in [0.05, 0.1) is 27.2 Å². The van der Waals surface area contributed by atoms with E-state index in [4.69, 9.17) is 18.9 Å². The average Bonchev–Trinajstić information content (AvgIpc) is 3.80. The van der Waals surface area contributed by atoms with Gasteiger partial charge < -0.3 is 23.5 Å². The molecule has 0 saturated carbocycles. The van der Waals surface area contributed by atoms with Gasteiger partial charge in [0, 0.05) is 48.0 Å². The number of aromatic nitrogens is 2. The molecule has 0 amide bonds. The molecule has 338 valence electrons. The van der Waals surface area contributed by atoms with Crippen molar-refractivity contribution in [1.82, 2.24) is 9.55 Å². The third-order valence-electron chi connectivity index (χ3n) is 9.00. The minimum absolute atomic E-state index is 0.174. The summed E-state index contributed by atoms with van der Waals surface area (Å²) in [5, 5.41) is 5.73. The van der Waals surface area contributed by atoms with Gasteiger partial charge >= 0.3 is 23.9 Å². The molecule has 3 heterocycles. The quantitative estimate of drug-likeness (QED) is 0.123. The van der Waals surface area contributed by atoms with E-state index >= 15 is 0 Å². The van der Waals surface area contributed by atoms with Crippen LogP contribution in [0.25, 0.3) is 21.7 Å². The highest BCUT2D eigenvalue weighted by Crippen LogP contribution is 2.34. The fourth-order valence-corrected chi connectivity index (χ4v) is 5.93. The Morgan fingerprint density at radius 2 is 1.14 bits per heavy atom. The monoisotopic (exact) mass is 878 g/mol. The van der Waals surface area contributed by atoms with Crippen molar-refractivity contribution < 1.29 is 38.1 Å². The average molecular weight is 879 g/mol. The first-order valence-corrected chi connectivity index (χ1v) is 21.9. The van der Waals surface area contributed by atoms with Crippen molar-refractivity contribution in [2.24, 2.45) is 28.7 Å². The zero-order valence-corrected chi connectivity index (χ0v) is 40.8. The van der Waals surface area contributed by atoms with Crippen LogP contribution in [0.1, 0.15) is 114 Å². The molecule has 10 nitrogen and oxygen atoms in total. The van der Waals surface area contributed by atoms with E-state index in [9.17, 15) is 19.2 Å². The van der Waals surface area contributed by atoms with Gasteiger partial charge in [0.1, 0.15) is 17.2 Å². The summed E-state index contributed by atoms with van der Waals surface area (Å²) >= 11 is 1.48. The van der Waals surface area contributed by atoms with Gasteiger partial charge in [-0.1, -0.05) is 32.0 Å². The SMILES string of the molecule is CC(C)(C)C(=O)Oc1ccccc1.CC(C)c1ccsc1OC(=O)C(C)(C)C.Cc1cc(OC(=O)C(C)(C)C)c2ccncc2c1.Cn1ccc2ccc(OC(=O)C(C)(C)C)cc21. The highest BCUT2D eigenvalue weighted by Gasteiger charge is 2.27. The number of nitrogens with zero attached hydrogens (tertiary/aromatic N) is 2. The van der Waals surface area contributed by atoms with Crippen LogP contribution < -0.4 is 18.9 Å². The maximum absolute atomic E-state index is 12.0. The fraction of sp³-hybridized carbons (Fsp3) is 0.404. The number of esters is 4. The second-order valence-corrected chi connectivity index (χ2v) is 20.6. The van der Waals surface area contributed by atoms with Crippen molar-refractivity contribution in [3.05, 3.63) is 114 Å². The molecule has 0 radical (unpaired) electrons. The Kier molecular flexibility index (Phi) is 17.6. The van der Waals surface area contributed by atoms with Crippen LogP contribution in [0.15, 0.2) is 103 Å². The molecular weight excluding hydrogens is 813 g/mol. The number of rotatable bonds is 5. The number of hydrogen-bond donors (Lipinski definition) is 0. The van der Waals surface area contributed by atoms with Gasteiger partial charge in [0.15, 0.2) is 5.06 Å². The topological polar surface area (TPSA) is 123 Å². The van der Waals surface area contributed by atoms with E-state index in [0.29, 0.717) is 23.2 Å². The second kappa shape index (κ2) is 21.5. The number of carbonyl (C=O) groups is 4. The molecule has 11 heteroatoms. The van der Waals surface area contributed by atoms with Crippen LogP contribution in [0.3, 0.4) is 0 Å². The minimum Gasteiger partial charge on any atom is -0.426 e. The molecule has 3 aromatic heterocycles. The Balaban J connectivity index is 0.000000225. The van der Waals surface area contributed by atoms with Gasteiger partial charge in [-0.25, -0.2) is 0 Å². The van der Waals surface area contributed by atoms with E-state index in [1.807, 2.05) is 180 Å². The molecule has 0 saturated heterocycles. The van der Waals surface area contributed by atoms with Crippen LogP contribution in [-0.4, -0.2) is 33.4 Å². The molecule has 6 aromatic rings. The van der Waals surface area contributed by atoms with Gasteiger partial charge in [-0.3, -0.25) is 24.2 Å². The van der Waals surface area contributed by atoms with Gasteiger partial charge in [-0.15, -0.1) is 11.3 Å². The maximum Gasteiger partial charge on any atom is 0.317 e. The number of ether oxygens (including phenoxy) is 4. The molecule has 0 aliphatic rings. The standard InChI is InChI=1S/C15H17NO2.C14H17NO2.C12H18O2S.C11H14O2/c1-10-7-11-9-16-6-5-12(11)13(8-10)18-14(17)15(2,3)4;1-14(2,3)13(16)17-11-6-5-10-7-8-15(4)12(10)9-11;1-8(2)9-6-7-15-10(9)14-11(13)12(3,4)5;1-11(2,3)10(12)13-9-7-5-4-6-8-9/h5-9H,1-4H3;5-9H,1-4H3;6-8H,1-5H3;4-8H,1-3H3. The molecule has 0 aliphatic carbocycles. The summed E-state index contributed by atoms with van der Waals surface area (Å²) < 4.78 is 23.4. The summed E-state index contributed by atoms with van der Waals surface area (Å²) in [6.07, 6.45) is 5.46. The van der Waals surface area contributed by atoms with Crippen LogP contribution in [0.4, 0.5) is 0 Å². The molecule has 3 aromatic carbocycles. The lowest BCUT2D eigenvalue weighted by Gasteiger charge is -2.17.